The third-order valence-electron chi connectivity index (χ3n) is 1.78. The van der Waals surface area contributed by atoms with E-state index in [1.54, 1.807) is 0 Å². The lowest BCUT2D eigenvalue weighted by Crippen LogP contribution is -2.26. The summed E-state index contributed by atoms with van der Waals surface area (Å²) in [5, 5.41) is 0. The van der Waals surface area contributed by atoms with Gasteiger partial charge in [-0.3, -0.25) is 0 Å². The van der Waals surface area contributed by atoms with Gasteiger partial charge in [-0.15, -0.1) is 0 Å². The second-order valence-electron chi connectivity index (χ2n) is 2.60. The summed E-state index contributed by atoms with van der Waals surface area (Å²) in [6, 6.07) is 0.132. The molecule has 0 spiro atoms. The van der Waals surface area contributed by atoms with Gasteiger partial charge in [-0.05, 0) is 19.3 Å². The predicted molar refractivity (Wildman–Crippen MR) is 38.7 cm³/mol. The Morgan fingerprint density at radius 2 is 2.22 bits per heavy atom. The van der Waals surface area contributed by atoms with Crippen molar-refractivity contribution in [2.75, 3.05) is 0 Å². The monoisotopic (exact) mass is 126 g/mol. The van der Waals surface area contributed by atoms with Gasteiger partial charge in [-0.25, -0.2) is 0 Å². The molecule has 1 aliphatic rings. The first kappa shape index (κ1) is 6.62. The Labute approximate surface area is 55.9 Å². The van der Waals surface area contributed by atoms with Gasteiger partial charge in [0, 0.05) is 11.7 Å². The molecule has 2 nitrogen and oxygen atoms in total. The van der Waals surface area contributed by atoms with Crippen molar-refractivity contribution in [1.29, 1.82) is 0 Å². The van der Waals surface area contributed by atoms with Gasteiger partial charge in [0.25, 0.3) is 0 Å². The van der Waals surface area contributed by atoms with Crippen LogP contribution in [-0.4, -0.2) is 6.04 Å². The summed E-state index contributed by atoms with van der Waals surface area (Å²) in [5.74, 6) is 0. The van der Waals surface area contributed by atoms with E-state index >= 15 is 0 Å². The molecule has 0 amide bonds. The summed E-state index contributed by atoms with van der Waals surface area (Å²) in [6.45, 7) is 0. The van der Waals surface area contributed by atoms with Crippen molar-refractivity contribution in [3.8, 4) is 0 Å². The van der Waals surface area contributed by atoms with E-state index in [1.165, 1.54) is 12.8 Å². The Morgan fingerprint density at radius 1 is 1.44 bits per heavy atom. The van der Waals surface area contributed by atoms with Crippen LogP contribution in [-0.2, 0) is 0 Å². The highest BCUT2D eigenvalue weighted by molar-refractivity contribution is 5.06. The molecule has 0 bridgehead atoms. The standard InChI is InChI=1S/C7H14N2/c8-6-4-2-1-3-5-7(6)9/h4,7H,1-3,5,8-9H2/t7-/m1/s1. The van der Waals surface area contributed by atoms with Crippen molar-refractivity contribution in [2.45, 2.75) is 31.7 Å². The Bertz CT molecular complexity index is 118. The normalized spacial score (nSPS) is 29.0. The van der Waals surface area contributed by atoms with Gasteiger partial charge in [0.1, 0.15) is 0 Å². The van der Waals surface area contributed by atoms with Crippen LogP contribution in [0.5, 0.6) is 0 Å². The van der Waals surface area contributed by atoms with Crippen LogP contribution in [0, 0.1) is 0 Å². The van der Waals surface area contributed by atoms with Gasteiger partial charge < -0.3 is 11.5 Å². The Balaban J connectivity index is 2.51. The average Bonchev–Trinajstić information content (AvgIpc) is 1.99. The van der Waals surface area contributed by atoms with E-state index < -0.39 is 0 Å². The van der Waals surface area contributed by atoms with Crippen molar-refractivity contribution < 1.29 is 0 Å². The Kier molecular flexibility index (Phi) is 2.11. The van der Waals surface area contributed by atoms with Gasteiger partial charge in [0.05, 0.1) is 0 Å². The van der Waals surface area contributed by atoms with Crippen molar-refractivity contribution in [2.24, 2.45) is 11.5 Å². The van der Waals surface area contributed by atoms with E-state index in [4.69, 9.17) is 11.5 Å². The second kappa shape index (κ2) is 2.87. The minimum atomic E-state index is 0.132. The minimum absolute atomic E-state index is 0.132. The van der Waals surface area contributed by atoms with Gasteiger partial charge in [0.15, 0.2) is 0 Å². The molecule has 0 aromatic heterocycles. The Morgan fingerprint density at radius 3 is 3.00 bits per heavy atom. The molecule has 0 aromatic carbocycles. The maximum absolute atomic E-state index is 5.68. The molecule has 52 valence electrons. The molecule has 0 saturated heterocycles. The van der Waals surface area contributed by atoms with Crippen LogP contribution in [0.25, 0.3) is 0 Å². The first-order chi connectivity index (χ1) is 4.30. The largest absolute Gasteiger partial charge is 0.401 e. The smallest absolute Gasteiger partial charge is 0.0439 e. The molecule has 0 unspecified atom stereocenters. The zero-order chi connectivity index (χ0) is 6.69. The lowest BCUT2D eigenvalue weighted by Gasteiger charge is -2.07. The maximum atomic E-state index is 5.68. The zero-order valence-corrected chi connectivity index (χ0v) is 5.64. The number of nitrogens with two attached hydrogens (primary N) is 2. The highest BCUT2D eigenvalue weighted by atomic mass is 14.7. The molecule has 2 heteroatoms. The Hall–Kier alpha value is -0.500. The van der Waals surface area contributed by atoms with Crippen LogP contribution in [0.2, 0.25) is 0 Å². The second-order valence-corrected chi connectivity index (χ2v) is 2.60. The number of allylic oxidation sites excluding steroid dienone is 1. The van der Waals surface area contributed by atoms with Crippen molar-refractivity contribution in [3.05, 3.63) is 11.8 Å². The molecule has 9 heavy (non-hydrogen) atoms. The lowest BCUT2D eigenvalue weighted by molar-refractivity contribution is 0.638. The number of rotatable bonds is 0. The molecule has 0 saturated carbocycles. The highest BCUT2D eigenvalue weighted by Gasteiger charge is 2.07. The van der Waals surface area contributed by atoms with Gasteiger partial charge in [-0.2, -0.15) is 0 Å². The summed E-state index contributed by atoms with van der Waals surface area (Å²) >= 11 is 0. The topological polar surface area (TPSA) is 52.0 Å². The van der Waals surface area contributed by atoms with E-state index in [1.807, 2.05) is 0 Å². The highest BCUT2D eigenvalue weighted by Crippen LogP contribution is 2.12. The molecule has 1 aliphatic carbocycles. The first-order valence-corrected chi connectivity index (χ1v) is 3.52. The van der Waals surface area contributed by atoms with Crippen LogP contribution in [0.15, 0.2) is 11.8 Å². The van der Waals surface area contributed by atoms with E-state index in [-0.39, 0.29) is 6.04 Å². The predicted octanol–water partition coefficient (Wildman–Crippen LogP) is 0.730. The molecule has 1 atom stereocenters. The SMILES string of the molecule is NC1=CCCCC[C@H]1N. The van der Waals surface area contributed by atoms with Crippen LogP contribution >= 0.6 is 0 Å². The molecule has 1 rings (SSSR count). The fraction of sp³-hybridized carbons (Fsp3) is 0.714. The summed E-state index contributed by atoms with van der Waals surface area (Å²) in [5.41, 5.74) is 12.2. The van der Waals surface area contributed by atoms with Gasteiger partial charge in [0.2, 0.25) is 0 Å². The van der Waals surface area contributed by atoms with Crippen molar-refractivity contribution in [3.63, 3.8) is 0 Å². The lowest BCUT2D eigenvalue weighted by atomic mass is 10.1. The van der Waals surface area contributed by atoms with Crippen LogP contribution in [0.3, 0.4) is 0 Å². The van der Waals surface area contributed by atoms with E-state index in [2.05, 4.69) is 6.08 Å². The average molecular weight is 126 g/mol. The summed E-state index contributed by atoms with van der Waals surface area (Å²) in [7, 11) is 0. The maximum Gasteiger partial charge on any atom is 0.0439 e. The van der Waals surface area contributed by atoms with E-state index in [9.17, 15) is 0 Å². The summed E-state index contributed by atoms with van der Waals surface area (Å²) in [6.07, 6.45) is 6.69. The van der Waals surface area contributed by atoms with Gasteiger partial charge in [-0.1, -0.05) is 12.5 Å². The molecular formula is C7H14N2. The molecular weight excluding hydrogens is 112 g/mol. The first-order valence-electron chi connectivity index (χ1n) is 3.52. The van der Waals surface area contributed by atoms with E-state index in [0.717, 1.165) is 18.5 Å². The third kappa shape index (κ3) is 1.72. The van der Waals surface area contributed by atoms with Crippen LogP contribution in [0.4, 0.5) is 0 Å². The minimum Gasteiger partial charge on any atom is -0.401 e. The fourth-order valence-corrected chi connectivity index (χ4v) is 1.10. The molecule has 0 aliphatic heterocycles. The van der Waals surface area contributed by atoms with Gasteiger partial charge >= 0.3 is 0 Å². The quantitative estimate of drug-likeness (QED) is 0.502. The molecule has 4 N–H and O–H groups in total. The zero-order valence-electron chi connectivity index (χ0n) is 5.64. The molecule has 0 fully saturated rings. The number of hydrogen-bond acceptors (Lipinski definition) is 2. The van der Waals surface area contributed by atoms with E-state index in [0.29, 0.717) is 0 Å². The third-order valence-corrected chi connectivity index (χ3v) is 1.78. The summed E-state index contributed by atoms with van der Waals surface area (Å²) in [4.78, 5) is 0. The van der Waals surface area contributed by atoms with Crippen molar-refractivity contribution in [1.82, 2.24) is 0 Å². The summed E-state index contributed by atoms with van der Waals surface area (Å²) < 4.78 is 0. The molecule has 0 aromatic rings. The van der Waals surface area contributed by atoms with Crippen LogP contribution < -0.4 is 11.5 Å². The molecule has 0 heterocycles. The number of hydrogen-bond donors (Lipinski definition) is 2. The molecule has 0 radical (unpaired) electrons. The van der Waals surface area contributed by atoms with Crippen LogP contribution in [0.1, 0.15) is 25.7 Å². The van der Waals surface area contributed by atoms with Crippen molar-refractivity contribution >= 4 is 0 Å². The fourth-order valence-electron chi connectivity index (χ4n) is 1.10.